The number of carbonyl (C=O) groups is 1. The van der Waals surface area contributed by atoms with Crippen molar-refractivity contribution in [2.45, 2.75) is 98.0 Å². The van der Waals surface area contributed by atoms with Gasteiger partial charge in [0.25, 0.3) is 0 Å². The molecule has 0 aliphatic heterocycles. The fraction of sp³-hybridized carbons (Fsp3) is 0.941. The van der Waals surface area contributed by atoms with Crippen LogP contribution in [0.15, 0.2) is 0 Å². The molecule has 0 aromatic rings. The summed E-state index contributed by atoms with van der Waals surface area (Å²) in [4.78, 5) is 11.6. The highest BCUT2D eigenvalue weighted by Crippen LogP contribution is 2.20. The maximum atomic E-state index is 11.6. The Labute approximate surface area is 120 Å². The molecule has 19 heavy (non-hydrogen) atoms. The minimum Gasteiger partial charge on any atom is -0.463 e. The monoisotopic (exact) mass is 270 g/mol. The van der Waals surface area contributed by atoms with Gasteiger partial charge in [0.15, 0.2) is 0 Å². The molecule has 0 bridgehead atoms. The highest BCUT2D eigenvalue weighted by atomic mass is 16.5. The Morgan fingerprint density at radius 1 is 0.947 bits per heavy atom. The summed E-state index contributed by atoms with van der Waals surface area (Å²) in [6.07, 6.45) is 11.3. The van der Waals surface area contributed by atoms with E-state index in [9.17, 15) is 4.79 Å². The van der Waals surface area contributed by atoms with Gasteiger partial charge in [-0.15, -0.1) is 0 Å². The molecule has 2 atom stereocenters. The molecule has 0 aromatic heterocycles. The standard InChI is InChI=1S/C17H34O2/c1-5-8-10-12-17(18)19-15(4)13-14-16(7-3)11-9-6-2/h15-16H,5-14H2,1-4H3/t15-,16-/m1/s1. The largest absolute Gasteiger partial charge is 0.463 e. The molecule has 0 heterocycles. The number of ether oxygens (including phenoxy) is 1. The maximum Gasteiger partial charge on any atom is 0.306 e. The van der Waals surface area contributed by atoms with Crippen molar-refractivity contribution in [3.63, 3.8) is 0 Å². The number of rotatable bonds is 12. The molecule has 0 aromatic carbocycles. The van der Waals surface area contributed by atoms with Crippen LogP contribution in [-0.2, 0) is 9.53 Å². The van der Waals surface area contributed by atoms with E-state index < -0.39 is 0 Å². The van der Waals surface area contributed by atoms with Gasteiger partial charge in [0.2, 0.25) is 0 Å². The van der Waals surface area contributed by atoms with E-state index in [-0.39, 0.29) is 12.1 Å². The van der Waals surface area contributed by atoms with Crippen molar-refractivity contribution in [2.24, 2.45) is 5.92 Å². The number of carbonyl (C=O) groups excluding carboxylic acids is 1. The molecule has 114 valence electrons. The minimum atomic E-state index is -0.0115. The number of hydrogen-bond donors (Lipinski definition) is 0. The molecule has 2 heteroatoms. The quantitative estimate of drug-likeness (QED) is 0.346. The Morgan fingerprint density at radius 3 is 2.21 bits per heavy atom. The lowest BCUT2D eigenvalue weighted by atomic mass is 9.93. The third kappa shape index (κ3) is 11.0. The molecule has 0 N–H and O–H groups in total. The molecule has 0 amide bonds. The second kappa shape index (κ2) is 12.5. The molecule has 0 aliphatic rings. The van der Waals surface area contributed by atoms with Crippen molar-refractivity contribution in [1.29, 1.82) is 0 Å². The second-order valence-corrected chi connectivity index (χ2v) is 5.75. The minimum absolute atomic E-state index is 0.0115. The van der Waals surface area contributed by atoms with Crippen LogP contribution in [0.4, 0.5) is 0 Å². The molecule has 0 aliphatic carbocycles. The number of hydrogen-bond acceptors (Lipinski definition) is 2. The predicted molar refractivity (Wildman–Crippen MR) is 82.2 cm³/mol. The van der Waals surface area contributed by atoms with Gasteiger partial charge < -0.3 is 4.74 Å². The molecular formula is C17H34O2. The van der Waals surface area contributed by atoms with E-state index in [2.05, 4.69) is 20.8 Å². The van der Waals surface area contributed by atoms with Gasteiger partial charge in [-0.2, -0.15) is 0 Å². The first kappa shape index (κ1) is 18.5. The van der Waals surface area contributed by atoms with E-state index in [0.29, 0.717) is 6.42 Å². The van der Waals surface area contributed by atoms with E-state index in [0.717, 1.165) is 31.6 Å². The zero-order valence-electron chi connectivity index (χ0n) is 13.5. The Kier molecular flexibility index (Phi) is 12.2. The van der Waals surface area contributed by atoms with Crippen molar-refractivity contribution < 1.29 is 9.53 Å². The molecular weight excluding hydrogens is 236 g/mol. The first-order chi connectivity index (χ1) is 9.13. The SMILES string of the molecule is CCCCCC(=O)O[C@H](C)CC[C@H](CC)CCCC. The normalized spacial score (nSPS) is 14.1. The van der Waals surface area contributed by atoms with Crippen LogP contribution in [0.5, 0.6) is 0 Å². The third-order valence-corrected chi connectivity index (χ3v) is 3.84. The highest BCUT2D eigenvalue weighted by Gasteiger charge is 2.12. The summed E-state index contributed by atoms with van der Waals surface area (Å²) in [5.74, 6) is 0.795. The Bertz CT molecular complexity index is 213. The molecule has 2 nitrogen and oxygen atoms in total. The first-order valence-electron chi connectivity index (χ1n) is 8.33. The molecule has 0 rings (SSSR count). The fourth-order valence-corrected chi connectivity index (χ4v) is 2.38. The van der Waals surface area contributed by atoms with E-state index in [1.165, 1.54) is 32.1 Å². The summed E-state index contributed by atoms with van der Waals surface area (Å²) in [7, 11) is 0. The van der Waals surface area contributed by atoms with E-state index in [4.69, 9.17) is 4.74 Å². The van der Waals surface area contributed by atoms with Gasteiger partial charge in [-0.3, -0.25) is 4.79 Å². The van der Waals surface area contributed by atoms with Crippen molar-refractivity contribution in [3.05, 3.63) is 0 Å². The zero-order valence-corrected chi connectivity index (χ0v) is 13.5. The number of unbranched alkanes of at least 4 members (excludes halogenated alkanes) is 3. The summed E-state index contributed by atoms with van der Waals surface area (Å²) in [5, 5.41) is 0. The summed E-state index contributed by atoms with van der Waals surface area (Å²) < 4.78 is 5.46. The van der Waals surface area contributed by atoms with Crippen LogP contribution in [0, 0.1) is 5.92 Å². The van der Waals surface area contributed by atoms with Gasteiger partial charge in [-0.1, -0.05) is 59.3 Å². The first-order valence-corrected chi connectivity index (χ1v) is 8.33. The lowest BCUT2D eigenvalue weighted by molar-refractivity contribution is -0.148. The fourth-order valence-electron chi connectivity index (χ4n) is 2.38. The lowest BCUT2D eigenvalue weighted by Crippen LogP contribution is -2.16. The summed E-state index contributed by atoms with van der Waals surface area (Å²) >= 11 is 0. The van der Waals surface area contributed by atoms with E-state index >= 15 is 0 Å². The van der Waals surface area contributed by atoms with Crippen LogP contribution in [0.2, 0.25) is 0 Å². The van der Waals surface area contributed by atoms with Gasteiger partial charge in [-0.25, -0.2) is 0 Å². The molecule has 0 spiro atoms. The van der Waals surface area contributed by atoms with Crippen LogP contribution < -0.4 is 0 Å². The lowest BCUT2D eigenvalue weighted by Gasteiger charge is -2.18. The van der Waals surface area contributed by atoms with Gasteiger partial charge >= 0.3 is 5.97 Å². The van der Waals surface area contributed by atoms with Crippen LogP contribution in [0.3, 0.4) is 0 Å². The van der Waals surface area contributed by atoms with Gasteiger partial charge in [0.1, 0.15) is 0 Å². The summed E-state index contributed by atoms with van der Waals surface area (Å²) in [6, 6.07) is 0. The van der Waals surface area contributed by atoms with Crippen molar-refractivity contribution in [2.75, 3.05) is 0 Å². The van der Waals surface area contributed by atoms with Crippen LogP contribution in [0.25, 0.3) is 0 Å². The highest BCUT2D eigenvalue weighted by molar-refractivity contribution is 5.69. The predicted octanol–water partition coefficient (Wildman–Crippen LogP) is 5.50. The van der Waals surface area contributed by atoms with Crippen molar-refractivity contribution >= 4 is 5.97 Å². The Balaban J connectivity index is 3.71. The Morgan fingerprint density at radius 2 is 1.63 bits per heavy atom. The van der Waals surface area contributed by atoms with Crippen LogP contribution in [-0.4, -0.2) is 12.1 Å². The maximum absolute atomic E-state index is 11.6. The zero-order chi connectivity index (χ0) is 14.5. The summed E-state index contributed by atoms with van der Waals surface area (Å²) in [5.41, 5.74) is 0. The smallest absolute Gasteiger partial charge is 0.306 e. The molecule has 0 unspecified atom stereocenters. The molecule has 0 saturated carbocycles. The van der Waals surface area contributed by atoms with Gasteiger partial charge in [0.05, 0.1) is 6.10 Å². The van der Waals surface area contributed by atoms with Crippen LogP contribution in [0.1, 0.15) is 91.9 Å². The Hall–Kier alpha value is -0.530. The molecule has 0 radical (unpaired) electrons. The summed E-state index contributed by atoms with van der Waals surface area (Å²) in [6.45, 7) is 8.69. The number of esters is 1. The van der Waals surface area contributed by atoms with Gasteiger partial charge in [-0.05, 0) is 32.1 Å². The van der Waals surface area contributed by atoms with Crippen molar-refractivity contribution in [1.82, 2.24) is 0 Å². The topological polar surface area (TPSA) is 26.3 Å². The molecule has 0 saturated heterocycles. The average molecular weight is 270 g/mol. The second-order valence-electron chi connectivity index (χ2n) is 5.75. The van der Waals surface area contributed by atoms with Gasteiger partial charge in [0, 0.05) is 6.42 Å². The van der Waals surface area contributed by atoms with E-state index in [1.54, 1.807) is 0 Å². The average Bonchev–Trinajstić information content (AvgIpc) is 2.39. The van der Waals surface area contributed by atoms with Crippen LogP contribution >= 0.6 is 0 Å². The van der Waals surface area contributed by atoms with Crippen molar-refractivity contribution in [3.8, 4) is 0 Å². The third-order valence-electron chi connectivity index (χ3n) is 3.84. The van der Waals surface area contributed by atoms with E-state index in [1.807, 2.05) is 6.92 Å². The molecule has 0 fully saturated rings.